The van der Waals surface area contributed by atoms with Crippen LogP contribution in [-0.4, -0.2) is 59.3 Å². The minimum absolute atomic E-state index is 0.0262. The Balaban J connectivity index is 1.26. The van der Waals surface area contributed by atoms with Crippen LogP contribution in [0.15, 0.2) is 47.8 Å². The summed E-state index contributed by atoms with van der Waals surface area (Å²) in [5.41, 5.74) is 4.64. The fourth-order valence-electron chi connectivity index (χ4n) is 3.96. The molecule has 0 aliphatic carbocycles. The molecule has 1 fully saturated rings. The van der Waals surface area contributed by atoms with Crippen LogP contribution in [0.5, 0.6) is 0 Å². The van der Waals surface area contributed by atoms with Crippen molar-refractivity contribution in [2.24, 2.45) is 0 Å². The van der Waals surface area contributed by atoms with Crippen molar-refractivity contribution in [1.82, 2.24) is 14.8 Å². The number of carbonyl (C=O) groups is 2. The maximum atomic E-state index is 12.8. The van der Waals surface area contributed by atoms with Crippen LogP contribution >= 0.6 is 22.9 Å². The number of para-hydroxylation sites is 1. The smallest absolute Gasteiger partial charge is 0.238 e. The fourth-order valence-corrected chi connectivity index (χ4v) is 5.10. The van der Waals surface area contributed by atoms with Gasteiger partial charge in [-0.15, -0.1) is 11.3 Å². The fraction of sp³-hybridized carbons (Fsp3) is 0.320. The van der Waals surface area contributed by atoms with Crippen LogP contribution in [0.2, 0.25) is 5.02 Å². The molecule has 2 amide bonds. The largest absolute Gasteiger partial charge is 0.340 e. The number of hydrogen-bond donors (Lipinski definition) is 1. The van der Waals surface area contributed by atoms with Gasteiger partial charge in [-0.05, 0) is 31.0 Å². The number of halogens is 1. The summed E-state index contributed by atoms with van der Waals surface area (Å²) < 4.78 is 0. The number of aryl methyl sites for hydroxylation is 2. The summed E-state index contributed by atoms with van der Waals surface area (Å²) in [5.74, 6) is 0.0346. The van der Waals surface area contributed by atoms with Crippen LogP contribution < -0.4 is 5.32 Å². The van der Waals surface area contributed by atoms with E-state index in [4.69, 9.17) is 11.6 Å². The molecule has 3 aromatic rings. The van der Waals surface area contributed by atoms with Crippen LogP contribution in [0.1, 0.15) is 16.8 Å². The van der Waals surface area contributed by atoms with Gasteiger partial charge in [0.15, 0.2) is 0 Å². The van der Waals surface area contributed by atoms with E-state index >= 15 is 0 Å². The van der Waals surface area contributed by atoms with E-state index in [1.54, 1.807) is 0 Å². The lowest BCUT2D eigenvalue weighted by Gasteiger charge is -2.34. The van der Waals surface area contributed by atoms with Gasteiger partial charge in [-0.1, -0.05) is 48.0 Å². The maximum Gasteiger partial charge on any atom is 0.238 e. The van der Waals surface area contributed by atoms with Gasteiger partial charge < -0.3 is 10.2 Å². The number of amides is 2. The summed E-state index contributed by atoms with van der Waals surface area (Å²) in [6.07, 6.45) is 0.272. The lowest BCUT2D eigenvalue weighted by atomic mass is 10.1. The summed E-state index contributed by atoms with van der Waals surface area (Å²) in [4.78, 5) is 33.9. The first kappa shape index (κ1) is 23.4. The molecule has 1 N–H and O–H groups in total. The van der Waals surface area contributed by atoms with Gasteiger partial charge in [0, 0.05) is 42.8 Å². The molecule has 2 heterocycles. The van der Waals surface area contributed by atoms with Crippen molar-refractivity contribution in [1.29, 1.82) is 0 Å². The zero-order valence-electron chi connectivity index (χ0n) is 18.8. The summed E-state index contributed by atoms with van der Waals surface area (Å²) in [5, 5.41) is 6.43. The Labute approximate surface area is 203 Å². The molecular formula is C25H27ClN4O2S. The van der Waals surface area contributed by atoms with Crippen molar-refractivity contribution in [3.63, 3.8) is 0 Å². The van der Waals surface area contributed by atoms with Crippen LogP contribution in [0.3, 0.4) is 0 Å². The third kappa shape index (κ3) is 5.79. The predicted octanol–water partition coefficient (Wildman–Crippen LogP) is 4.41. The lowest BCUT2D eigenvalue weighted by molar-refractivity contribution is -0.132. The van der Waals surface area contributed by atoms with E-state index in [0.29, 0.717) is 37.7 Å². The van der Waals surface area contributed by atoms with E-state index in [0.717, 1.165) is 33.1 Å². The number of nitrogens with zero attached hydrogens (tertiary/aromatic N) is 3. The molecule has 172 valence electrons. The molecule has 0 spiro atoms. The van der Waals surface area contributed by atoms with Gasteiger partial charge in [0.2, 0.25) is 11.8 Å². The molecule has 0 saturated carbocycles. The Morgan fingerprint density at radius 1 is 1.03 bits per heavy atom. The monoisotopic (exact) mass is 482 g/mol. The van der Waals surface area contributed by atoms with Crippen molar-refractivity contribution in [3.05, 3.63) is 69.7 Å². The number of thiazole rings is 1. The molecule has 6 nitrogen and oxygen atoms in total. The third-order valence-electron chi connectivity index (χ3n) is 5.83. The second-order valence-corrected chi connectivity index (χ2v) is 9.54. The molecule has 0 unspecified atom stereocenters. The van der Waals surface area contributed by atoms with Gasteiger partial charge in [-0.3, -0.25) is 14.5 Å². The van der Waals surface area contributed by atoms with Crippen LogP contribution in [-0.2, 0) is 16.0 Å². The third-order valence-corrected chi connectivity index (χ3v) is 7.08. The topological polar surface area (TPSA) is 65.5 Å². The molecule has 2 aromatic carbocycles. The molecule has 8 heteroatoms. The molecule has 1 aliphatic rings. The van der Waals surface area contributed by atoms with Gasteiger partial charge in [0.25, 0.3) is 0 Å². The van der Waals surface area contributed by atoms with Crippen molar-refractivity contribution in [2.45, 2.75) is 20.3 Å². The first-order valence-electron chi connectivity index (χ1n) is 11.0. The van der Waals surface area contributed by atoms with E-state index in [1.807, 2.05) is 66.6 Å². The Morgan fingerprint density at radius 2 is 1.73 bits per heavy atom. The number of anilines is 1. The number of benzene rings is 2. The molecular weight excluding hydrogens is 456 g/mol. The number of aromatic nitrogens is 1. The highest BCUT2D eigenvalue weighted by molar-refractivity contribution is 7.13. The molecule has 1 saturated heterocycles. The van der Waals surface area contributed by atoms with Gasteiger partial charge in [0.05, 0.1) is 23.7 Å². The van der Waals surface area contributed by atoms with Crippen LogP contribution in [0.25, 0.3) is 10.6 Å². The highest BCUT2D eigenvalue weighted by atomic mass is 35.5. The summed E-state index contributed by atoms with van der Waals surface area (Å²) in [6.45, 7) is 6.87. The first-order chi connectivity index (χ1) is 15.9. The number of piperazine rings is 1. The van der Waals surface area contributed by atoms with E-state index in [9.17, 15) is 9.59 Å². The predicted molar refractivity (Wildman–Crippen MR) is 134 cm³/mol. The zero-order chi connectivity index (χ0) is 23.4. The maximum absolute atomic E-state index is 12.8. The summed E-state index contributed by atoms with van der Waals surface area (Å²) in [6, 6.07) is 13.6. The van der Waals surface area contributed by atoms with Crippen molar-refractivity contribution >= 4 is 40.4 Å². The Kier molecular flexibility index (Phi) is 7.42. The highest BCUT2D eigenvalue weighted by Gasteiger charge is 2.23. The SMILES string of the molecule is Cc1cccc(C)c1NC(=O)CN1CCN(C(=O)Cc2csc(-c3ccccc3Cl)n2)CC1. The van der Waals surface area contributed by atoms with E-state index < -0.39 is 0 Å². The first-order valence-corrected chi connectivity index (χ1v) is 12.2. The zero-order valence-corrected chi connectivity index (χ0v) is 20.4. The van der Waals surface area contributed by atoms with Gasteiger partial charge in [0.1, 0.15) is 5.01 Å². The Morgan fingerprint density at radius 3 is 2.42 bits per heavy atom. The minimum Gasteiger partial charge on any atom is -0.340 e. The molecule has 1 aliphatic heterocycles. The lowest BCUT2D eigenvalue weighted by Crippen LogP contribution is -2.50. The average molecular weight is 483 g/mol. The molecule has 4 rings (SSSR count). The Hall–Kier alpha value is -2.74. The van der Waals surface area contributed by atoms with Crippen LogP contribution in [0, 0.1) is 13.8 Å². The molecule has 0 radical (unpaired) electrons. The van der Waals surface area contributed by atoms with Gasteiger partial charge >= 0.3 is 0 Å². The van der Waals surface area contributed by atoms with Crippen molar-refractivity contribution < 1.29 is 9.59 Å². The van der Waals surface area contributed by atoms with E-state index in [-0.39, 0.29) is 18.2 Å². The summed E-state index contributed by atoms with van der Waals surface area (Å²) >= 11 is 7.76. The van der Waals surface area contributed by atoms with Gasteiger partial charge in [-0.25, -0.2) is 4.98 Å². The van der Waals surface area contributed by atoms with Crippen molar-refractivity contribution in [3.8, 4) is 10.6 Å². The summed E-state index contributed by atoms with van der Waals surface area (Å²) in [7, 11) is 0. The van der Waals surface area contributed by atoms with Crippen molar-refractivity contribution in [2.75, 3.05) is 38.0 Å². The van der Waals surface area contributed by atoms with Gasteiger partial charge in [-0.2, -0.15) is 0 Å². The van der Waals surface area contributed by atoms with E-state index in [2.05, 4.69) is 15.2 Å². The number of hydrogen-bond acceptors (Lipinski definition) is 5. The normalized spacial score (nSPS) is 14.3. The standard InChI is InChI=1S/C25H27ClN4O2S/c1-17-6-5-7-18(2)24(17)28-22(31)15-29-10-12-30(13-11-29)23(32)14-19-16-33-25(27-19)20-8-3-4-9-21(20)26/h3-9,16H,10-15H2,1-2H3,(H,28,31). The number of nitrogens with one attached hydrogen (secondary N) is 1. The Bertz CT molecular complexity index is 1130. The molecule has 0 atom stereocenters. The molecule has 1 aromatic heterocycles. The molecule has 0 bridgehead atoms. The van der Waals surface area contributed by atoms with Crippen LogP contribution in [0.4, 0.5) is 5.69 Å². The highest BCUT2D eigenvalue weighted by Crippen LogP contribution is 2.30. The quantitative estimate of drug-likeness (QED) is 0.565. The molecule has 33 heavy (non-hydrogen) atoms. The number of carbonyl (C=O) groups excluding carboxylic acids is 2. The second kappa shape index (κ2) is 10.5. The second-order valence-electron chi connectivity index (χ2n) is 8.27. The number of rotatable bonds is 6. The average Bonchev–Trinajstić information content (AvgIpc) is 3.25. The van der Waals surface area contributed by atoms with E-state index in [1.165, 1.54) is 11.3 Å². The minimum atomic E-state index is -0.0262.